The van der Waals surface area contributed by atoms with Gasteiger partial charge in [0.2, 0.25) is 10.0 Å². The molecule has 3 heterocycles. The summed E-state index contributed by atoms with van der Waals surface area (Å²) in [6, 6.07) is 8.79. The van der Waals surface area contributed by atoms with Crippen molar-refractivity contribution in [3.63, 3.8) is 0 Å². The second-order valence-corrected chi connectivity index (χ2v) is 9.02. The lowest BCUT2D eigenvalue weighted by Gasteiger charge is -2.27. The second-order valence-electron chi connectivity index (χ2n) is 7.08. The fourth-order valence-corrected chi connectivity index (χ4v) is 5.08. The summed E-state index contributed by atoms with van der Waals surface area (Å²) in [6.07, 6.45) is 2.93. The van der Waals surface area contributed by atoms with Gasteiger partial charge in [-0.05, 0) is 43.0 Å². The Balaban J connectivity index is 1.54. The zero-order valence-corrected chi connectivity index (χ0v) is 16.3. The van der Waals surface area contributed by atoms with Crippen molar-refractivity contribution in [2.75, 3.05) is 19.6 Å². The van der Waals surface area contributed by atoms with Gasteiger partial charge in [0.05, 0.1) is 23.7 Å². The summed E-state index contributed by atoms with van der Waals surface area (Å²) >= 11 is 0. The van der Waals surface area contributed by atoms with Crippen LogP contribution in [0.3, 0.4) is 0 Å². The highest BCUT2D eigenvalue weighted by Crippen LogP contribution is 2.23. The van der Waals surface area contributed by atoms with Crippen molar-refractivity contribution in [3.05, 3.63) is 47.3 Å². The van der Waals surface area contributed by atoms with Crippen LogP contribution in [0.15, 0.2) is 35.2 Å². The van der Waals surface area contributed by atoms with Gasteiger partial charge in [-0.3, -0.25) is 9.48 Å². The first kappa shape index (κ1) is 18.2. The molecule has 7 nitrogen and oxygen atoms in total. The summed E-state index contributed by atoms with van der Waals surface area (Å²) in [5.41, 5.74) is 2.28. The monoisotopic (exact) mass is 388 g/mol. The first-order chi connectivity index (χ1) is 13.0. The van der Waals surface area contributed by atoms with E-state index in [-0.39, 0.29) is 12.5 Å². The molecule has 1 aromatic heterocycles. The lowest BCUT2D eigenvalue weighted by Crippen LogP contribution is -2.38. The van der Waals surface area contributed by atoms with Crippen LogP contribution in [-0.2, 0) is 29.5 Å². The van der Waals surface area contributed by atoms with Gasteiger partial charge in [0.25, 0.3) is 5.91 Å². The Morgan fingerprint density at radius 2 is 1.78 bits per heavy atom. The number of amides is 1. The van der Waals surface area contributed by atoms with Crippen molar-refractivity contribution < 1.29 is 13.2 Å². The predicted octanol–water partition coefficient (Wildman–Crippen LogP) is 1.89. The van der Waals surface area contributed by atoms with Gasteiger partial charge in [-0.2, -0.15) is 9.40 Å². The number of aromatic nitrogens is 2. The van der Waals surface area contributed by atoms with Crippen molar-refractivity contribution in [1.29, 1.82) is 0 Å². The number of benzene rings is 1. The SMILES string of the molecule is CCc1ccc(S(=O)(=O)N2CCn3nc(C(=O)N4CCCC4)cc3C2)cc1. The van der Waals surface area contributed by atoms with Crippen LogP contribution in [-0.4, -0.2) is 52.9 Å². The maximum atomic E-state index is 13.0. The maximum Gasteiger partial charge on any atom is 0.274 e. The molecule has 2 aliphatic rings. The zero-order chi connectivity index (χ0) is 19.0. The quantitative estimate of drug-likeness (QED) is 0.802. The van der Waals surface area contributed by atoms with E-state index in [0.29, 0.717) is 23.7 Å². The van der Waals surface area contributed by atoms with Gasteiger partial charge in [0.1, 0.15) is 0 Å². The number of sulfonamides is 1. The van der Waals surface area contributed by atoms with E-state index >= 15 is 0 Å². The number of hydrogen-bond acceptors (Lipinski definition) is 4. The number of likely N-dealkylation sites (tertiary alicyclic amines) is 1. The van der Waals surface area contributed by atoms with Crippen LogP contribution in [0.25, 0.3) is 0 Å². The molecule has 1 aromatic carbocycles. The Kier molecular flexibility index (Phi) is 4.77. The van der Waals surface area contributed by atoms with Crippen LogP contribution in [0.5, 0.6) is 0 Å². The molecule has 1 saturated heterocycles. The molecule has 1 amide bonds. The predicted molar refractivity (Wildman–Crippen MR) is 101 cm³/mol. The van der Waals surface area contributed by atoms with Gasteiger partial charge in [0.15, 0.2) is 5.69 Å². The molecule has 4 rings (SSSR count). The molecule has 2 aliphatic heterocycles. The molecule has 0 spiro atoms. The van der Waals surface area contributed by atoms with Crippen molar-refractivity contribution in [1.82, 2.24) is 19.0 Å². The molecule has 0 bridgehead atoms. The highest BCUT2D eigenvalue weighted by molar-refractivity contribution is 7.89. The molecule has 0 aliphatic carbocycles. The highest BCUT2D eigenvalue weighted by atomic mass is 32.2. The fourth-order valence-electron chi connectivity index (χ4n) is 3.68. The molecular formula is C19H24N4O3S. The number of nitrogens with zero attached hydrogens (tertiary/aromatic N) is 4. The molecule has 0 saturated carbocycles. The van der Waals surface area contributed by atoms with Crippen molar-refractivity contribution in [3.8, 4) is 0 Å². The third kappa shape index (κ3) is 3.39. The van der Waals surface area contributed by atoms with E-state index in [9.17, 15) is 13.2 Å². The van der Waals surface area contributed by atoms with Crippen molar-refractivity contribution in [2.45, 2.75) is 44.2 Å². The number of fused-ring (bicyclic) bond motifs is 1. The van der Waals surface area contributed by atoms with Gasteiger partial charge in [-0.15, -0.1) is 0 Å². The summed E-state index contributed by atoms with van der Waals surface area (Å²) in [6.45, 7) is 4.62. The second kappa shape index (κ2) is 7.09. The maximum absolute atomic E-state index is 13.0. The number of aryl methyl sites for hydroxylation is 1. The van der Waals surface area contributed by atoms with Gasteiger partial charge in [-0.25, -0.2) is 8.42 Å². The molecule has 1 fully saturated rings. The first-order valence-electron chi connectivity index (χ1n) is 9.44. The van der Waals surface area contributed by atoms with E-state index in [4.69, 9.17) is 0 Å². The average molecular weight is 388 g/mol. The molecule has 0 N–H and O–H groups in total. The van der Waals surface area contributed by atoms with Gasteiger partial charge in [-0.1, -0.05) is 19.1 Å². The lowest BCUT2D eigenvalue weighted by atomic mass is 10.2. The first-order valence-corrected chi connectivity index (χ1v) is 10.9. The third-order valence-corrected chi connectivity index (χ3v) is 7.20. The van der Waals surface area contributed by atoms with E-state index in [1.165, 1.54) is 4.31 Å². The Bertz CT molecular complexity index is 944. The van der Waals surface area contributed by atoms with E-state index in [1.54, 1.807) is 22.9 Å². The number of rotatable bonds is 4. The highest BCUT2D eigenvalue weighted by Gasteiger charge is 2.31. The molecule has 0 radical (unpaired) electrons. The normalized spacial score (nSPS) is 17.9. The number of carbonyl (C=O) groups excluding carboxylic acids is 1. The summed E-state index contributed by atoms with van der Waals surface area (Å²) in [5.74, 6) is -0.0565. The minimum atomic E-state index is -3.56. The molecule has 0 unspecified atom stereocenters. The number of carbonyl (C=O) groups is 1. The van der Waals surface area contributed by atoms with E-state index < -0.39 is 10.0 Å². The van der Waals surface area contributed by atoms with E-state index in [2.05, 4.69) is 5.10 Å². The van der Waals surface area contributed by atoms with E-state index in [1.807, 2.05) is 24.0 Å². The van der Waals surface area contributed by atoms with Gasteiger partial charge < -0.3 is 4.90 Å². The molecule has 144 valence electrons. The molecule has 0 atom stereocenters. The Hall–Kier alpha value is -2.19. The summed E-state index contributed by atoms with van der Waals surface area (Å²) in [7, 11) is -3.56. The lowest BCUT2D eigenvalue weighted by molar-refractivity contribution is 0.0786. The Morgan fingerprint density at radius 1 is 1.07 bits per heavy atom. The van der Waals surface area contributed by atoms with Crippen molar-refractivity contribution in [2.24, 2.45) is 0 Å². The topological polar surface area (TPSA) is 75.5 Å². The van der Waals surface area contributed by atoms with Crippen LogP contribution >= 0.6 is 0 Å². The van der Waals surface area contributed by atoms with E-state index in [0.717, 1.165) is 43.6 Å². The van der Waals surface area contributed by atoms with Gasteiger partial charge >= 0.3 is 0 Å². The average Bonchev–Trinajstić information content (AvgIpc) is 3.36. The van der Waals surface area contributed by atoms with Crippen LogP contribution in [0.2, 0.25) is 0 Å². The van der Waals surface area contributed by atoms with Crippen LogP contribution in [0, 0.1) is 0 Å². The Morgan fingerprint density at radius 3 is 2.44 bits per heavy atom. The van der Waals surface area contributed by atoms with Crippen LogP contribution in [0.1, 0.15) is 41.5 Å². The molecule has 27 heavy (non-hydrogen) atoms. The molecular weight excluding hydrogens is 364 g/mol. The summed E-state index contributed by atoms with van der Waals surface area (Å²) in [4.78, 5) is 14.7. The minimum absolute atomic E-state index is 0.0565. The van der Waals surface area contributed by atoms with Crippen molar-refractivity contribution >= 4 is 15.9 Å². The summed E-state index contributed by atoms with van der Waals surface area (Å²) in [5, 5.41) is 4.41. The number of hydrogen-bond donors (Lipinski definition) is 0. The molecule has 2 aromatic rings. The Labute approximate surface area is 159 Å². The standard InChI is InChI=1S/C19H24N4O3S/c1-2-15-5-7-17(8-6-15)27(25,26)22-11-12-23-16(14-22)13-18(20-23)19(24)21-9-3-4-10-21/h5-8,13H,2-4,9-12,14H2,1H3. The fraction of sp³-hybridized carbons (Fsp3) is 0.474. The molecule has 8 heteroatoms. The smallest absolute Gasteiger partial charge is 0.274 e. The van der Waals surface area contributed by atoms with Crippen LogP contribution < -0.4 is 0 Å². The summed E-state index contributed by atoms with van der Waals surface area (Å²) < 4.78 is 29.2. The third-order valence-electron chi connectivity index (χ3n) is 5.34. The minimum Gasteiger partial charge on any atom is -0.337 e. The largest absolute Gasteiger partial charge is 0.337 e. The zero-order valence-electron chi connectivity index (χ0n) is 15.5. The van der Waals surface area contributed by atoms with Crippen LogP contribution in [0.4, 0.5) is 0 Å². The van der Waals surface area contributed by atoms with Gasteiger partial charge in [0, 0.05) is 19.6 Å².